The minimum absolute atomic E-state index is 0.254. The summed E-state index contributed by atoms with van der Waals surface area (Å²) in [5, 5.41) is 9.15. The smallest absolute Gasteiger partial charge is 0.336 e. The number of rotatable bonds is 5. The molecule has 0 unspecified atom stereocenters. The molecular weight excluding hydrogens is 379 g/mol. The molecule has 4 aromatic rings. The van der Waals surface area contributed by atoms with Crippen LogP contribution in [-0.4, -0.2) is 27.8 Å². The van der Waals surface area contributed by atoms with Gasteiger partial charge in [0.25, 0.3) is 5.91 Å². The second-order valence-corrected chi connectivity index (χ2v) is 6.77. The lowest BCUT2D eigenvalue weighted by atomic mass is 10.2. The van der Waals surface area contributed by atoms with Gasteiger partial charge in [0.15, 0.2) is 5.82 Å². The van der Waals surface area contributed by atoms with Crippen LogP contribution < -0.4 is 10.1 Å². The van der Waals surface area contributed by atoms with E-state index in [1.54, 1.807) is 28.2 Å². The molecule has 6 nitrogen and oxygen atoms in total. The molecule has 140 valence electrons. The third kappa shape index (κ3) is 3.63. The average Bonchev–Trinajstić information content (AvgIpc) is 3.38. The number of carbonyl (C=O) groups excluding carboxylic acids is 1. The van der Waals surface area contributed by atoms with Gasteiger partial charge in [-0.3, -0.25) is 4.79 Å². The standard InChI is InChI=1S/C20H15FN4O2S/c1-27-20-23-18(17-6-3-11-28-17)25(24-20)16-5-2-4-15(12-16)22-19(26)13-7-9-14(21)10-8-13/h2-12H,1H3,(H,22,26). The second kappa shape index (κ2) is 7.61. The molecule has 0 aliphatic carbocycles. The van der Waals surface area contributed by atoms with Crippen LogP contribution in [-0.2, 0) is 0 Å². The SMILES string of the molecule is COc1nc(-c2cccs2)n(-c2cccc(NC(=O)c3ccc(F)cc3)c2)n1. The van der Waals surface area contributed by atoms with E-state index in [0.717, 1.165) is 10.6 Å². The lowest BCUT2D eigenvalue weighted by Crippen LogP contribution is -2.12. The third-order valence-corrected chi connectivity index (χ3v) is 4.83. The van der Waals surface area contributed by atoms with Gasteiger partial charge in [-0.05, 0) is 53.9 Å². The molecule has 8 heteroatoms. The summed E-state index contributed by atoms with van der Waals surface area (Å²) in [5.74, 6) is -0.0690. The van der Waals surface area contributed by atoms with Crippen LogP contribution in [0.3, 0.4) is 0 Å². The van der Waals surface area contributed by atoms with Gasteiger partial charge in [0.2, 0.25) is 0 Å². The van der Waals surface area contributed by atoms with E-state index in [-0.39, 0.29) is 17.7 Å². The summed E-state index contributed by atoms with van der Waals surface area (Å²) in [6.07, 6.45) is 0. The number of anilines is 1. The molecular formula is C20H15FN4O2S. The number of carbonyl (C=O) groups is 1. The fourth-order valence-electron chi connectivity index (χ4n) is 2.64. The van der Waals surface area contributed by atoms with Crippen LogP contribution in [0.25, 0.3) is 16.4 Å². The molecule has 0 fully saturated rings. The largest absolute Gasteiger partial charge is 0.466 e. The van der Waals surface area contributed by atoms with Crippen molar-refractivity contribution in [3.63, 3.8) is 0 Å². The van der Waals surface area contributed by atoms with Crippen molar-refractivity contribution in [2.45, 2.75) is 0 Å². The predicted octanol–water partition coefficient (Wildman–Crippen LogP) is 4.40. The van der Waals surface area contributed by atoms with E-state index in [1.807, 2.05) is 29.6 Å². The van der Waals surface area contributed by atoms with E-state index in [9.17, 15) is 9.18 Å². The van der Waals surface area contributed by atoms with Crippen molar-refractivity contribution in [2.75, 3.05) is 12.4 Å². The molecule has 0 radical (unpaired) electrons. The summed E-state index contributed by atoms with van der Waals surface area (Å²) < 4.78 is 19.9. The van der Waals surface area contributed by atoms with Crippen molar-refractivity contribution in [1.29, 1.82) is 0 Å². The number of ether oxygens (including phenoxy) is 1. The van der Waals surface area contributed by atoms with Gasteiger partial charge in [-0.25, -0.2) is 9.07 Å². The highest BCUT2D eigenvalue weighted by Gasteiger charge is 2.15. The highest BCUT2D eigenvalue weighted by molar-refractivity contribution is 7.13. The predicted molar refractivity (Wildman–Crippen MR) is 106 cm³/mol. The molecule has 2 aromatic heterocycles. The molecule has 28 heavy (non-hydrogen) atoms. The van der Waals surface area contributed by atoms with Crippen molar-refractivity contribution in [3.8, 4) is 22.4 Å². The van der Waals surface area contributed by atoms with Gasteiger partial charge in [0.05, 0.1) is 17.7 Å². The van der Waals surface area contributed by atoms with E-state index >= 15 is 0 Å². The Morgan fingerprint density at radius 2 is 1.96 bits per heavy atom. The first-order chi connectivity index (χ1) is 13.6. The zero-order chi connectivity index (χ0) is 19.5. The number of aromatic nitrogens is 3. The molecule has 1 N–H and O–H groups in total. The normalized spacial score (nSPS) is 10.6. The van der Waals surface area contributed by atoms with Crippen LogP contribution in [0.15, 0.2) is 66.0 Å². The number of nitrogens with zero attached hydrogens (tertiary/aromatic N) is 3. The Morgan fingerprint density at radius 3 is 2.68 bits per heavy atom. The number of benzene rings is 2. The molecule has 0 bridgehead atoms. The quantitative estimate of drug-likeness (QED) is 0.545. The lowest BCUT2D eigenvalue weighted by Gasteiger charge is -2.09. The molecule has 1 amide bonds. The van der Waals surface area contributed by atoms with Crippen LogP contribution in [0.5, 0.6) is 6.01 Å². The molecule has 0 aliphatic heterocycles. The molecule has 0 atom stereocenters. The van der Waals surface area contributed by atoms with Crippen molar-refractivity contribution < 1.29 is 13.9 Å². The first-order valence-corrected chi connectivity index (χ1v) is 9.24. The van der Waals surface area contributed by atoms with Crippen LogP contribution in [0.4, 0.5) is 10.1 Å². The van der Waals surface area contributed by atoms with Gasteiger partial charge >= 0.3 is 6.01 Å². The summed E-state index contributed by atoms with van der Waals surface area (Å²) in [7, 11) is 1.51. The monoisotopic (exact) mass is 394 g/mol. The Morgan fingerprint density at radius 1 is 1.14 bits per heavy atom. The highest BCUT2D eigenvalue weighted by atomic mass is 32.1. The number of halogens is 1. The van der Waals surface area contributed by atoms with Crippen LogP contribution >= 0.6 is 11.3 Å². The number of nitrogens with one attached hydrogen (secondary N) is 1. The minimum Gasteiger partial charge on any atom is -0.466 e. The van der Waals surface area contributed by atoms with Crippen molar-refractivity contribution in [2.24, 2.45) is 0 Å². The van der Waals surface area contributed by atoms with Crippen molar-refractivity contribution in [3.05, 3.63) is 77.4 Å². The maximum atomic E-state index is 13.0. The van der Waals surface area contributed by atoms with Crippen LogP contribution in [0.1, 0.15) is 10.4 Å². The summed E-state index contributed by atoms with van der Waals surface area (Å²) in [5.41, 5.74) is 1.67. The molecule has 0 saturated heterocycles. The topological polar surface area (TPSA) is 69.0 Å². The maximum absolute atomic E-state index is 13.0. The number of hydrogen-bond donors (Lipinski definition) is 1. The number of methoxy groups -OCH3 is 1. The Hall–Kier alpha value is -3.52. The Labute approximate surface area is 164 Å². The Balaban J connectivity index is 1.65. The van der Waals surface area contributed by atoms with E-state index in [4.69, 9.17) is 4.74 Å². The summed E-state index contributed by atoms with van der Waals surface area (Å²) in [4.78, 5) is 17.7. The van der Waals surface area contributed by atoms with E-state index < -0.39 is 0 Å². The first kappa shape index (κ1) is 17.9. The van der Waals surface area contributed by atoms with Gasteiger partial charge < -0.3 is 10.1 Å². The lowest BCUT2D eigenvalue weighted by molar-refractivity contribution is 0.102. The van der Waals surface area contributed by atoms with E-state index in [1.165, 1.54) is 31.4 Å². The zero-order valence-electron chi connectivity index (χ0n) is 14.8. The molecule has 0 spiro atoms. The third-order valence-electron chi connectivity index (χ3n) is 3.97. The van der Waals surface area contributed by atoms with Crippen molar-refractivity contribution in [1.82, 2.24) is 14.8 Å². The van der Waals surface area contributed by atoms with E-state index in [2.05, 4.69) is 15.4 Å². The van der Waals surface area contributed by atoms with Crippen molar-refractivity contribution >= 4 is 22.9 Å². The molecule has 2 aromatic carbocycles. The van der Waals surface area contributed by atoms with E-state index in [0.29, 0.717) is 17.1 Å². The number of thiophene rings is 1. The number of amides is 1. The Bertz CT molecular complexity index is 1110. The summed E-state index contributed by atoms with van der Waals surface area (Å²) in [6.45, 7) is 0. The van der Waals surface area contributed by atoms with Crippen LogP contribution in [0, 0.1) is 5.82 Å². The molecule has 0 saturated carbocycles. The molecule has 4 rings (SSSR count). The first-order valence-electron chi connectivity index (χ1n) is 8.36. The maximum Gasteiger partial charge on any atom is 0.336 e. The second-order valence-electron chi connectivity index (χ2n) is 5.82. The van der Waals surface area contributed by atoms with Gasteiger partial charge in [-0.2, -0.15) is 4.98 Å². The van der Waals surface area contributed by atoms with Crippen LogP contribution in [0.2, 0.25) is 0 Å². The Kier molecular flexibility index (Phi) is 4.86. The number of hydrogen-bond acceptors (Lipinski definition) is 5. The van der Waals surface area contributed by atoms with Gasteiger partial charge in [-0.1, -0.05) is 12.1 Å². The van der Waals surface area contributed by atoms with Gasteiger partial charge in [-0.15, -0.1) is 16.4 Å². The fraction of sp³-hybridized carbons (Fsp3) is 0.0500. The van der Waals surface area contributed by atoms with Gasteiger partial charge in [0, 0.05) is 11.3 Å². The van der Waals surface area contributed by atoms with Gasteiger partial charge in [0.1, 0.15) is 5.82 Å². The summed E-state index contributed by atoms with van der Waals surface area (Å²) >= 11 is 1.54. The fourth-order valence-corrected chi connectivity index (χ4v) is 3.34. The highest BCUT2D eigenvalue weighted by Crippen LogP contribution is 2.28. The average molecular weight is 394 g/mol. The minimum atomic E-state index is -0.389. The molecule has 0 aliphatic rings. The summed E-state index contributed by atoms with van der Waals surface area (Å²) in [6, 6.07) is 16.7. The zero-order valence-corrected chi connectivity index (χ0v) is 15.6. The molecule has 2 heterocycles.